The fourth-order valence-corrected chi connectivity index (χ4v) is 3.52. The van der Waals surface area contributed by atoms with Crippen LogP contribution in [-0.4, -0.2) is 26.0 Å². The maximum absolute atomic E-state index is 12.2. The van der Waals surface area contributed by atoms with Crippen LogP contribution in [0.4, 0.5) is 0 Å². The second-order valence-corrected chi connectivity index (χ2v) is 8.76. The zero-order valence-corrected chi connectivity index (χ0v) is 15.1. The fraction of sp³-hybridized carbons (Fsp3) is 0.588. The highest BCUT2D eigenvalue weighted by Gasteiger charge is 2.25. The van der Waals surface area contributed by atoms with Crippen LogP contribution in [0.25, 0.3) is 0 Å². The predicted octanol–water partition coefficient (Wildman–Crippen LogP) is 3.19. The molecule has 1 unspecified atom stereocenters. The maximum Gasteiger partial charge on any atom is 0.303 e. The van der Waals surface area contributed by atoms with E-state index >= 15 is 0 Å². The van der Waals surface area contributed by atoms with Gasteiger partial charge in [-0.05, 0) is 43.2 Å². The fourth-order valence-electron chi connectivity index (χ4n) is 2.48. The molecule has 0 fully saturated rings. The summed E-state index contributed by atoms with van der Waals surface area (Å²) in [4.78, 5) is 11.0. The standard InChI is InChI=1S/C17H27NO4S/c1-13-5-8-15(9-6-13)23(21,22)18-12-11-14(17(2,3)4)7-10-16(19)20/h5-6,8-9,14,18H,7,10-12H2,1-4H3,(H,19,20). The molecule has 0 radical (unpaired) electrons. The number of aryl methyl sites for hydroxylation is 1. The van der Waals surface area contributed by atoms with E-state index in [0.717, 1.165) is 5.56 Å². The molecule has 5 nitrogen and oxygen atoms in total. The van der Waals surface area contributed by atoms with Crippen molar-refractivity contribution in [3.05, 3.63) is 29.8 Å². The molecule has 0 aromatic heterocycles. The zero-order valence-electron chi connectivity index (χ0n) is 14.3. The van der Waals surface area contributed by atoms with Crippen molar-refractivity contribution in [2.75, 3.05) is 6.54 Å². The lowest BCUT2D eigenvalue weighted by Gasteiger charge is -2.30. The van der Waals surface area contributed by atoms with Crippen LogP contribution in [0.5, 0.6) is 0 Å². The number of benzene rings is 1. The molecule has 1 aromatic carbocycles. The van der Waals surface area contributed by atoms with Crippen molar-refractivity contribution in [3.63, 3.8) is 0 Å². The Morgan fingerprint density at radius 2 is 1.74 bits per heavy atom. The van der Waals surface area contributed by atoms with Crippen LogP contribution in [0.2, 0.25) is 0 Å². The molecule has 0 saturated heterocycles. The summed E-state index contributed by atoms with van der Waals surface area (Å²) in [5.74, 6) is -0.682. The number of hydrogen-bond donors (Lipinski definition) is 2. The van der Waals surface area contributed by atoms with Crippen LogP contribution in [-0.2, 0) is 14.8 Å². The summed E-state index contributed by atoms with van der Waals surface area (Å²) in [6.45, 7) is 8.36. The van der Waals surface area contributed by atoms with Crippen LogP contribution < -0.4 is 4.72 Å². The molecule has 0 amide bonds. The second kappa shape index (κ2) is 7.93. The summed E-state index contributed by atoms with van der Waals surface area (Å²) in [5.41, 5.74) is 0.940. The molecule has 0 aliphatic rings. The molecule has 0 aliphatic carbocycles. The second-order valence-electron chi connectivity index (χ2n) is 6.99. The first-order valence-electron chi connectivity index (χ1n) is 7.80. The molecule has 1 aromatic rings. The summed E-state index contributed by atoms with van der Waals surface area (Å²) in [6.07, 6.45) is 1.26. The van der Waals surface area contributed by atoms with E-state index in [4.69, 9.17) is 5.11 Å². The van der Waals surface area contributed by atoms with Crippen LogP contribution >= 0.6 is 0 Å². The van der Waals surface area contributed by atoms with Gasteiger partial charge in [0.2, 0.25) is 10.0 Å². The van der Waals surface area contributed by atoms with Gasteiger partial charge in [0.05, 0.1) is 4.90 Å². The molecule has 0 spiro atoms. The van der Waals surface area contributed by atoms with Gasteiger partial charge in [-0.3, -0.25) is 4.79 Å². The summed E-state index contributed by atoms with van der Waals surface area (Å²) < 4.78 is 27.1. The molecule has 6 heteroatoms. The highest BCUT2D eigenvalue weighted by molar-refractivity contribution is 7.89. The third-order valence-electron chi connectivity index (χ3n) is 4.05. The Kier molecular flexibility index (Phi) is 6.77. The van der Waals surface area contributed by atoms with Gasteiger partial charge >= 0.3 is 5.97 Å². The van der Waals surface area contributed by atoms with E-state index in [9.17, 15) is 13.2 Å². The Morgan fingerprint density at radius 3 is 2.22 bits per heavy atom. The summed E-state index contributed by atoms with van der Waals surface area (Å²) >= 11 is 0. The molecule has 0 saturated carbocycles. The monoisotopic (exact) mass is 341 g/mol. The van der Waals surface area contributed by atoms with Crippen molar-refractivity contribution in [1.82, 2.24) is 4.72 Å². The quantitative estimate of drug-likeness (QED) is 0.760. The molecular formula is C17H27NO4S. The van der Waals surface area contributed by atoms with Gasteiger partial charge in [-0.1, -0.05) is 38.5 Å². The summed E-state index contributed by atoms with van der Waals surface area (Å²) in [6, 6.07) is 6.70. The van der Waals surface area contributed by atoms with Gasteiger partial charge < -0.3 is 5.11 Å². The Balaban J connectivity index is 2.64. The number of rotatable bonds is 8. The average Bonchev–Trinajstić information content (AvgIpc) is 2.41. The van der Waals surface area contributed by atoms with E-state index < -0.39 is 16.0 Å². The van der Waals surface area contributed by atoms with E-state index in [0.29, 0.717) is 19.4 Å². The zero-order chi connectivity index (χ0) is 17.7. The lowest BCUT2D eigenvalue weighted by Crippen LogP contribution is -2.30. The van der Waals surface area contributed by atoms with Gasteiger partial charge in [0.15, 0.2) is 0 Å². The first kappa shape index (κ1) is 19.6. The number of carbonyl (C=O) groups is 1. The molecule has 130 valence electrons. The highest BCUT2D eigenvalue weighted by Crippen LogP contribution is 2.32. The number of carboxylic acid groups (broad SMARTS) is 1. The molecule has 0 bridgehead atoms. The summed E-state index contributed by atoms with van der Waals surface area (Å²) in [5, 5.41) is 8.84. The van der Waals surface area contributed by atoms with Crippen molar-refractivity contribution >= 4 is 16.0 Å². The Labute approximate surface area is 139 Å². The van der Waals surface area contributed by atoms with Crippen molar-refractivity contribution in [3.8, 4) is 0 Å². The average molecular weight is 341 g/mol. The van der Waals surface area contributed by atoms with Crippen LogP contribution in [0.3, 0.4) is 0 Å². The number of carboxylic acids is 1. The topological polar surface area (TPSA) is 83.5 Å². The van der Waals surface area contributed by atoms with Gasteiger partial charge in [-0.25, -0.2) is 13.1 Å². The van der Waals surface area contributed by atoms with Crippen molar-refractivity contribution in [2.45, 2.75) is 51.9 Å². The lowest BCUT2D eigenvalue weighted by atomic mass is 9.76. The van der Waals surface area contributed by atoms with E-state index in [2.05, 4.69) is 4.72 Å². The van der Waals surface area contributed by atoms with E-state index in [1.54, 1.807) is 24.3 Å². The minimum atomic E-state index is -3.52. The van der Waals surface area contributed by atoms with E-state index in [1.807, 2.05) is 27.7 Å². The van der Waals surface area contributed by atoms with E-state index in [-0.39, 0.29) is 22.6 Å². The van der Waals surface area contributed by atoms with Gasteiger partial charge in [-0.2, -0.15) is 0 Å². The number of nitrogens with one attached hydrogen (secondary N) is 1. The van der Waals surface area contributed by atoms with Crippen molar-refractivity contribution < 1.29 is 18.3 Å². The first-order valence-corrected chi connectivity index (χ1v) is 9.29. The molecule has 1 atom stereocenters. The first-order chi connectivity index (χ1) is 10.5. The van der Waals surface area contributed by atoms with Gasteiger partial charge in [0.25, 0.3) is 0 Å². The van der Waals surface area contributed by atoms with Gasteiger partial charge in [-0.15, -0.1) is 0 Å². The van der Waals surface area contributed by atoms with Crippen LogP contribution in [0, 0.1) is 18.3 Å². The van der Waals surface area contributed by atoms with Crippen LogP contribution in [0.15, 0.2) is 29.2 Å². The summed E-state index contributed by atoms with van der Waals surface area (Å²) in [7, 11) is -3.52. The Hall–Kier alpha value is -1.40. The lowest BCUT2D eigenvalue weighted by molar-refractivity contribution is -0.137. The number of aliphatic carboxylic acids is 1. The van der Waals surface area contributed by atoms with Gasteiger partial charge in [0.1, 0.15) is 0 Å². The number of sulfonamides is 1. The molecule has 0 heterocycles. The van der Waals surface area contributed by atoms with E-state index in [1.165, 1.54) is 0 Å². The molecule has 23 heavy (non-hydrogen) atoms. The third kappa shape index (κ3) is 6.71. The van der Waals surface area contributed by atoms with Crippen LogP contribution in [0.1, 0.15) is 45.6 Å². The largest absolute Gasteiger partial charge is 0.481 e. The normalized spacial score (nSPS) is 13.7. The SMILES string of the molecule is Cc1ccc(S(=O)(=O)NCCC(CCC(=O)O)C(C)(C)C)cc1. The van der Waals surface area contributed by atoms with Crippen molar-refractivity contribution in [1.29, 1.82) is 0 Å². The smallest absolute Gasteiger partial charge is 0.303 e. The minimum absolute atomic E-state index is 0.0647. The highest BCUT2D eigenvalue weighted by atomic mass is 32.2. The maximum atomic E-state index is 12.2. The molecule has 2 N–H and O–H groups in total. The Bertz CT molecular complexity index is 615. The minimum Gasteiger partial charge on any atom is -0.481 e. The predicted molar refractivity (Wildman–Crippen MR) is 90.8 cm³/mol. The van der Waals surface area contributed by atoms with Gasteiger partial charge in [0, 0.05) is 13.0 Å². The van der Waals surface area contributed by atoms with Crippen molar-refractivity contribution in [2.24, 2.45) is 11.3 Å². The third-order valence-corrected chi connectivity index (χ3v) is 5.52. The molecular weight excluding hydrogens is 314 g/mol. The molecule has 0 aliphatic heterocycles. The number of hydrogen-bond acceptors (Lipinski definition) is 3. The Morgan fingerprint density at radius 1 is 1.17 bits per heavy atom. The molecule has 1 rings (SSSR count).